The first-order valence-electron chi connectivity index (χ1n) is 7.29. The van der Waals surface area contributed by atoms with Crippen molar-refractivity contribution in [2.75, 3.05) is 6.61 Å². The molecule has 0 aromatic carbocycles. The highest BCUT2D eigenvalue weighted by atomic mass is 19.4. The van der Waals surface area contributed by atoms with Crippen molar-refractivity contribution in [3.8, 4) is 0 Å². The minimum atomic E-state index is -6.21. The summed E-state index contributed by atoms with van der Waals surface area (Å²) in [7, 11) is 0. The standard InChI is InChI=1S/C14H15F7O2/c1-5-7-3-8-9(5)12(8,6(7)2)10(22)23-4-11(15,13(16,17)18)14(19,20)21/h5-9H,3-4H2,1-2H3. The van der Waals surface area contributed by atoms with Crippen molar-refractivity contribution in [3.63, 3.8) is 0 Å². The molecule has 0 radical (unpaired) electrons. The molecule has 2 nitrogen and oxygen atoms in total. The molecule has 132 valence electrons. The minimum Gasteiger partial charge on any atom is -0.461 e. The molecule has 4 aliphatic carbocycles. The molecule has 4 bridgehead atoms. The zero-order valence-electron chi connectivity index (χ0n) is 12.3. The molecule has 0 heterocycles. The molecule has 0 saturated heterocycles. The van der Waals surface area contributed by atoms with E-state index in [-0.39, 0.29) is 29.6 Å². The Morgan fingerprint density at radius 2 is 1.61 bits per heavy atom. The van der Waals surface area contributed by atoms with Gasteiger partial charge in [-0.3, -0.25) is 4.79 Å². The van der Waals surface area contributed by atoms with Crippen LogP contribution in [-0.4, -0.2) is 30.6 Å². The van der Waals surface area contributed by atoms with Crippen LogP contribution >= 0.6 is 0 Å². The van der Waals surface area contributed by atoms with E-state index in [1.165, 1.54) is 0 Å². The van der Waals surface area contributed by atoms with Gasteiger partial charge in [-0.1, -0.05) is 13.8 Å². The number of carbonyl (C=O) groups excluding carboxylic acids is 1. The summed E-state index contributed by atoms with van der Waals surface area (Å²) in [4.78, 5) is 12.2. The van der Waals surface area contributed by atoms with Crippen LogP contribution in [0.3, 0.4) is 0 Å². The predicted octanol–water partition coefficient (Wildman–Crippen LogP) is 3.90. The fourth-order valence-corrected chi connectivity index (χ4v) is 5.17. The lowest BCUT2D eigenvalue weighted by atomic mass is 9.90. The second kappa shape index (κ2) is 4.33. The third-order valence-electron chi connectivity index (χ3n) is 6.31. The molecule has 4 rings (SSSR count). The number of hydrogen-bond acceptors (Lipinski definition) is 2. The molecule has 6 unspecified atom stereocenters. The maximum atomic E-state index is 13.5. The summed E-state index contributed by atoms with van der Waals surface area (Å²) in [5, 5.41) is 0. The zero-order chi connectivity index (χ0) is 17.6. The number of rotatable bonds is 3. The SMILES string of the molecule is CC1C2CC3C1C3(C(=O)OCC(F)(C(F)(F)F)C(F)(F)F)C2C. The van der Waals surface area contributed by atoms with E-state index < -0.39 is 36.0 Å². The van der Waals surface area contributed by atoms with Gasteiger partial charge >= 0.3 is 24.0 Å². The zero-order valence-corrected chi connectivity index (χ0v) is 12.3. The smallest absolute Gasteiger partial charge is 0.435 e. The van der Waals surface area contributed by atoms with E-state index in [1.807, 2.05) is 6.92 Å². The average Bonchev–Trinajstić information content (AvgIpc) is 2.69. The van der Waals surface area contributed by atoms with Gasteiger partial charge in [0, 0.05) is 0 Å². The third-order valence-corrected chi connectivity index (χ3v) is 6.31. The molecule has 4 saturated carbocycles. The van der Waals surface area contributed by atoms with E-state index in [4.69, 9.17) is 0 Å². The monoisotopic (exact) mass is 348 g/mol. The Labute approximate surface area is 127 Å². The number of ether oxygens (including phenoxy) is 1. The highest BCUT2D eigenvalue weighted by molar-refractivity contribution is 5.84. The van der Waals surface area contributed by atoms with Crippen LogP contribution in [0.2, 0.25) is 0 Å². The number of hydrogen-bond donors (Lipinski definition) is 0. The Hall–Kier alpha value is -1.02. The van der Waals surface area contributed by atoms with Crippen molar-refractivity contribution in [1.29, 1.82) is 0 Å². The van der Waals surface area contributed by atoms with Crippen molar-refractivity contribution in [2.24, 2.45) is 35.0 Å². The van der Waals surface area contributed by atoms with Crippen LogP contribution < -0.4 is 0 Å². The van der Waals surface area contributed by atoms with Crippen molar-refractivity contribution in [2.45, 2.75) is 38.3 Å². The quantitative estimate of drug-likeness (QED) is 0.571. The Bertz CT molecular complexity index is 522. The van der Waals surface area contributed by atoms with E-state index in [0.29, 0.717) is 0 Å². The van der Waals surface area contributed by atoms with Gasteiger partial charge in [-0.15, -0.1) is 0 Å². The van der Waals surface area contributed by atoms with Crippen LogP contribution in [-0.2, 0) is 9.53 Å². The summed E-state index contributed by atoms with van der Waals surface area (Å²) < 4.78 is 92.6. The van der Waals surface area contributed by atoms with E-state index >= 15 is 0 Å². The number of esters is 1. The van der Waals surface area contributed by atoms with Crippen LogP contribution in [0, 0.1) is 35.0 Å². The van der Waals surface area contributed by atoms with Crippen LogP contribution in [0.1, 0.15) is 20.3 Å². The molecule has 0 amide bonds. The van der Waals surface area contributed by atoms with Gasteiger partial charge in [0.25, 0.3) is 0 Å². The van der Waals surface area contributed by atoms with Crippen LogP contribution in [0.5, 0.6) is 0 Å². The topological polar surface area (TPSA) is 26.3 Å². The Balaban J connectivity index is 1.75. The lowest BCUT2D eigenvalue weighted by Gasteiger charge is -2.30. The summed E-state index contributed by atoms with van der Waals surface area (Å²) in [6.07, 6.45) is -11.7. The molecular formula is C14H15F7O2. The van der Waals surface area contributed by atoms with E-state index in [1.54, 1.807) is 6.92 Å². The highest BCUT2D eigenvalue weighted by Gasteiger charge is 2.85. The Morgan fingerprint density at radius 1 is 1.09 bits per heavy atom. The second-order valence-corrected chi connectivity index (χ2v) is 6.99. The Morgan fingerprint density at radius 3 is 1.91 bits per heavy atom. The van der Waals surface area contributed by atoms with Gasteiger partial charge in [-0.2, -0.15) is 26.3 Å². The number of alkyl halides is 7. The highest BCUT2D eigenvalue weighted by Crippen LogP contribution is 2.83. The van der Waals surface area contributed by atoms with Gasteiger partial charge in [-0.25, -0.2) is 4.39 Å². The summed E-state index contributed by atoms with van der Waals surface area (Å²) in [5.74, 6) is -1.01. The average molecular weight is 348 g/mol. The van der Waals surface area contributed by atoms with Crippen molar-refractivity contribution >= 4 is 5.97 Å². The predicted molar refractivity (Wildman–Crippen MR) is 62.8 cm³/mol. The molecule has 4 fully saturated rings. The molecule has 0 spiro atoms. The fourth-order valence-electron chi connectivity index (χ4n) is 5.17. The van der Waals surface area contributed by atoms with Gasteiger partial charge in [-0.05, 0) is 36.0 Å². The Kier molecular flexibility index (Phi) is 3.17. The maximum Gasteiger partial charge on any atom is 0.435 e. The van der Waals surface area contributed by atoms with Gasteiger partial charge in [0.2, 0.25) is 0 Å². The van der Waals surface area contributed by atoms with E-state index in [2.05, 4.69) is 4.74 Å². The van der Waals surface area contributed by atoms with Crippen molar-refractivity contribution < 1.29 is 40.3 Å². The molecule has 0 N–H and O–H groups in total. The largest absolute Gasteiger partial charge is 0.461 e. The van der Waals surface area contributed by atoms with Gasteiger partial charge in [0.05, 0.1) is 5.41 Å². The molecular weight excluding hydrogens is 333 g/mol. The first-order valence-corrected chi connectivity index (χ1v) is 7.29. The summed E-state index contributed by atoms with van der Waals surface area (Å²) in [5.41, 5.74) is -6.56. The number of halogens is 7. The summed E-state index contributed by atoms with van der Waals surface area (Å²) in [6.45, 7) is 1.29. The lowest BCUT2D eigenvalue weighted by molar-refractivity contribution is -0.349. The van der Waals surface area contributed by atoms with Crippen LogP contribution in [0.4, 0.5) is 30.7 Å². The summed E-state index contributed by atoms with van der Waals surface area (Å²) in [6, 6.07) is 0. The molecule has 9 heteroatoms. The molecule has 6 atom stereocenters. The minimum absolute atomic E-state index is 0.0595. The first-order chi connectivity index (χ1) is 10.3. The van der Waals surface area contributed by atoms with E-state index in [0.717, 1.165) is 6.42 Å². The molecule has 0 aromatic rings. The number of carbonyl (C=O) groups is 1. The fraction of sp³-hybridized carbons (Fsp3) is 0.929. The second-order valence-electron chi connectivity index (χ2n) is 6.99. The first kappa shape index (κ1) is 16.8. The van der Waals surface area contributed by atoms with Gasteiger partial charge in [0.1, 0.15) is 6.61 Å². The van der Waals surface area contributed by atoms with Crippen molar-refractivity contribution in [3.05, 3.63) is 0 Å². The van der Waals surface area contributed by atoms with Gasteiger partial charge in [0.15, 0.2) is 0 Å². The molecule has 23 heavy (non-hydrogen) atoms. The molecule has 0 aliphatic heterocycles. The van der Waals surface area contributed by atoms with Gasteiger partial charge < -0.3 is 4.74 Å². The van der Waals surface area contributed by atoms with Crippen LogP contribution in [0.15, 0.2) is 0 Å². The van der Waals surface area contributed by atoms with E-state index in [9.17, 15) is 35.5 Å². The molecule has 0 aromatic heterocycles. The maximum absolute atomic E-state index is 13.5. The summed E-state index contributed by atoms with van der Waals surface area (Å²) >= 11 is 0. The normalized spacial score (nSPS) is 42.0. The third kappa shape index (κ3) is 1.79. The lowest BCUT2D eigenvalue weighted by Crippen LogP contribution is -2.57. The van der Waals surface area contributed by atoms with Crippen LogP contribution in [0.25, 0.3) is 0 Å². The molecule has 4 aliphatic rings. The van der Waals surface area contributed by atoms with Crippen molar-refractivity contribution in [1.82, 2.24) is 0 Å².